The molecule has 1 heterocycles. The number of allylic oxidation sites excluding steroid dienone is 1. The van der Waals surface area contributed by atoms with Crippen LogP contribution >= 0.6 is 0 Å². The highest BCUT2D eigenvalue weighted by Gasteiger charge is 2.61. The Morgan fingerprint density at radius 2 is 1.90 bits per heavy atom. The molecule has 0 amide bonds. The fraction of sp³-hybridized carbons (Fsp3) is 0.760. The van der Waals surface area contributed by atoms with E-state index >= 15 is 0 Å². The van der Waals surface area contributed by atoms with Gasteiger partial charge in [0.1, 0.15) is 6.26 Å². The van der Waals surface area contributed by atoms with E-state index in [0.29, 0.717) is 16.7 Å². The molecule has 1 aromatic heterocycles. The van der Waals surface area contributed by atoms with Crippen LogP contribution in [-0.4, -0.2) is 13.0 Å². The molecule has 3 fully saturated rings. The molecule has 5 atom stereocenters. The Morgan fingerprint density at radius 3 is 2.58 bits per heavy atom. The Bertz CT molecular complexity index is 916. The summed E-state index contributed by atoms with van der Waals surface area (Å²) in [6.07, 6.45) is 14.6. The summed E-state index contributed by atoms with van der Waals surface area (Å²) in [5.41, 5.74) is 2.89. The van der Waals surface area contributed by atoms with Gasteiger partial charge in [-0.3, -0.25) is 0 Å². The van der Waals surface area contributed by atoms with Crippen LogP contribution in [-0.2, 0) is 21.0 Å². The van der Waals surface area contributed by atoms with E-state index in [1.807, 2.05) is 6.07 Å². The van der Waals surface area contributed by atoms with E-state index in [9.17, 15) is 13.0 Å². The molecule has 5 nitrogen and oxygen atoms in total. The van der Waals surface area contributed by atoms with E-state index in [1.165, 1.54) is 31.9 Å². The van der Waals surface area contributed by atoms with Crippen molar-refractivity contribution < 1.29 is 21.6 Å². The zero-order chi connectivity index (χ0) is 22.5. The molecule has 0 bridgehead atoms. The third-order valence-electron chi connectivity index (χ3n) is 9.42. The van der Waals surface area contributed by atoms with Gasteiger partial charge in [-0.05, 0) is 103 Å². The predicted octanol–water partition coefficient (Wildman–Crippen LogP) is 6.23. The lowest BCUT2D eigenvalue weighted by Gasteiger charge is -2.66. The number of aryl methyl sites for hydroxylation is 1. The fourth-order valence-corrected chi connectivity index (χ4v) is 8.44. The largest absolute Gasteiger partial charge is 0.716 e. The minimum Gasteiger partial charge on any atom is -0.716 e. The van der Waals surface area contributed by atoms with Gasteiger partial charge in [-0.2, -0.15) is 0 Å². The lowest BCUT2D eigenvalue weighted by atomic mass is 9.39. The topological polar surface area (TPSA) is 79.6 Å². The first-order chi connectivity index (χ1) is 14.5. The van der Waals surface area contributed by atoms with Crippen LogP contribution in [0.3, 0.4) is 0 Å². The van der Waals surface area contributed by atoms with Crippen molar-refractivity contribution in [1.29, 1.82) is 0 Å². The Morgan fingerprint density at radius 1 is 1.13 bits per heavy atom. The Labute approximate surface area is 187 Å². The summed E-state index contributed by atoms with van der Waals surface area (Å²) in [5, 5.41) is 0. The third-order valence-corrected chi connectivity index (χ3v) is 9.76. The molecule has 0 aliphatic heterocycles. The van der Waals surface area contributed by atoms with Crippen molar-refractivity contribution in [3.05, 3.63) is 36.0 Å². The molecule has 0 spiro atoms. The van der Waals surface area contributed by atoms with Gasteiger partial charge in [-0.1, -0.05) is 34.1 Å². The average molecular weight is 450 g/mol. The lowest BCUT2D eigenvalue weighted by Crippen LogP contribution is -2.58. The van der Waals surface area contributed by atoms with Gasteiger partial charge in [0.05, 0.1) is 12.5 Å². The van der Waals surface area contributed by atoms with Crippen molar-refractivity contribution in [2.45, 2.75) is 85.5 Å². The standard InChI is InChI=1S/C25H38O5S/c1-23(2)12-5-13-25(4)21(23)10-14-24(3)20(8-6-18-11-15-29-16-18)19(7-9-22(24)25)17-30-31(26,27)28/h11,15-17,20-22H,5-10,12-14H2,1-4H3,(H,26,27,28)/p-1/b19-17+/t20-,21?,22?,24+,25-/m0/s1. The maximum atomic E-state index is 11.2. The van der Waals surface area contributed by atoms with E-state index in [0.717, 1.165) is 49.2 Å². The minimum absolute atomic E-state index is 0.0719. The van der Waals surface area contributed by atoms with Crippen LogP contribution in [0.1, 0.15) is 84.6 Å². The Balaban J connectivity index is 1.68. The molecule has 3 aliphatic rings. The van der Waals surface area contributed by atoms with Gasteiger partial charge in [0.25, 0.3) is 10.4 Å². The monoisotopic (exact) mass is 449 g/mol. The molecular formula is C25H37O5S-. The molecule has 0 aromatic carbocycles. The second-order valence-corrected chi connectivity index (χ2v) is 12.5. The fourth-order valence-electron chi connectivity index (χ4n) is 8.19. The number of hydrogen-bond donors (Lipinski definition) is 0. The zero-order valence-corrected chi connectivity index (χ0v) is 20.2. The van der Waals surface area contributed by atoms with Crippen LogP contribution in [0.25, 0.3) is 0 Å². The molecule has 6 heteroatoms. The highest BCUT2D eigenvalue weighted by Crippen LogP contribution is 2.69. The van der Waals surface area contributed by atoms with Gasteiger partial charge in [-0.15, -0.1) is 0 Å². The first-order valence-corrected chi connectivity index (χ1v) is 13.1. The smallest absolute Gasteiger partial charge is 0.262 e. The maximum Gasteiger partial charge on any atom is 0.262 e. The van der Waals surface area contributed by atoms with Gasteiger partial charge in [0.15, 0.2) is 0 Å². The van der Waals surface area contributed by atoms with Gasteiger partial charge in [-0.25, -0.2) is 8.42 Å². The summed E-state index contributed by atoms with van der Waals surface area (Å²) in [7, 11) is -4.74. The van der Waals surface area contributed by atoms with Gasteiger partial charge >= 0.3 is 0 Å². The van der Waals surface area contributed by atoms with Crippen molar-refractivity contribution in [2.75, 3.05) is 0 Å². The second-order valence-electron chi connectivity index (χ2n) is 11.5. The second kappa shape index (κ2) is 7.95. The molecule has 0 saturated heterocycles. The van der Waals surface area contributed by atoms with Crippen LogP contribution in [0.2, 0.25) is 0 Å². The van der Waals surface area contributed by atoms with Crippen LogP contribution in [0.5, 0.6) is 0 Å². The summed E-state index contributed by atoms with van der Waals surface area (Å²) in [6.45, 7) is 9.85. The van der Waals surface area contributed by atoms with Crippen LogP contribution in [0.4, 0.5) is 0 Å². The summed E-state index contributed by atoms with van der Waals surface area (Å²) >= 11 is 0. The van der Waals surface area contributed by atoms with E-state index < -0.39 is 10.4 Å². The average Bonchev–Trinajstić information content (AvgIpc) is 3.17. The normalized spacial score (nSPS) is 39.0. The Kier molecular flexibility index (Phi) is 5.87. The van der Waals surface area contributed by atoms with E-state index in [4.69, 9.17) is 4.42 Å². The summed E-state index contributed by atoms with van der Waals surface area (Å²) < 4.78 is 43.4. The first kappa shape index (κ1) is 22.9. The predicted molar refractivity (Wildman–Crippen MR) is 119 cm³/mol. The summed E-state index contributed by atoms with van der Waals surface area (Å²) in [4.78, 5) is 0. The van der Waals surface area contributed by atoms with Crippen molar-refractivity contribution in [2.24, 2.45) is 34.0 Å². The molecule has 2 unspecified atom stereocenters. The molecule has 4 rings (SSSR count). The number of fused-ring (bicyclic) bond motifs is 3. The molecule has 3 aliphatic carbocycles. The number of rotatable bonds is 5. The molecule has 3 saturated carbocycles. The third kappa shape index (κ3) is 4.22. The van der Waals surface area contributed by atoms with Crippen LogP contribution < -0.4 is 0 Å². The van der Waals surface area contributed by atoms with Gasteiger partial charge < -0.3 is 13.2 Å². The number of furan rings is 1. The molecule has 31 heavy (non-hydrogen) atoms. The summed E-state index contributed by atoms with van der Waals surface area (Å²) in [6, 6.07) is 1.99. The van der Waals surface area contributed by atoms with Crippen molar-refractivity contribution in [1.82, 2.24) is 0 Å². The van der Waals surface area contributed by atoms with Crippen molar-refractivity contribution in [3.8, 4) is 0 Å². The quantitative estimate of drug-likeness (QED) is 0.302. The van der Waals surface area contributed by atoms with E-state index in [1.54, 1.807) is 12.5 Å². The van der Waals surface area contributed by atoms with Gasteiger partial charge in [0, 0.05) is 0 Å². The molecule has 174 valence electrons. The van der Waals surface area contributed by atoms with Crippen LogP contribution in [0, 0.1) is 34.0 Å². The molecule has 0 N–H and O–H groups in total. The van der Waals surface area contributed by atoms with Crippen molar-refractivity contribution in [3.63, 3.8) is 0 Å². The van der Waals surface area contributed by atoms with Crippen LogP contribution in [0.15, 0.2) is 34.8 Å². The van der Waals surface area contributed by atoms with E-state index in [-0.39, 0.29) is 11.3 Å². The lowest BCUT2D eigenvalue weighted by molar-refractivity contribution is -0.154. The molecule has 0 radical (unpaired) electrons. The van der Waals surface area contributed by atoms with E-state index in [2.05, 4.69) is 31.9 Å². The maximum absolute atomic E-state index is 11.2. The highest BCUT2D eigenvalue weighted by molar-refractivity contribution is 7.80. The van der Waals surface area contributed by atoms with Crippen molar-refractivity contribution >= 4 is 10.4 Å². The SMILES string of the molecule is CC1(C)CCC[C@@]2(C)C1CC[C@@]1(C)C2CC/C(=C\OS(=O)(=O)[O-])[C@@H]1CCc1ccoc1. The highest BCUT2D eigenvalue weighted by atomic mass is 32.3. The Hall–Kier alpha value is -1.27. The minimum atomic E-state index is -4.74. The molecule has 1 aromatic rings. The number of hydrogen-bond acceptors (Lipinski definition) is 5. The summed E-state index contributed by atoms with van der Waals surface area (Å²) in [5.74, 6) is 1.52. The zero-order valence-electron chi connectivity index (χ0n) is 19.4. The first-order valence-electron chi connectivity index (χ1n) is 11.8. The van der Waals surface area contributed by atoms with Gasteiger partial charge in [0.2, 0.25) is 0 Å². The molecular weight excluding hydrogens is 412 g/mol.